The number of anilines is 1. The molecule has 132 valence electrons. The fraction of sp³-hybridized carbons (Fsp3) is 0.0833. The molecule has 0 atom stereocenters. The van der Waals surface area contributed by atoms with Gasteiger partial charge in [-0.3, -0.25) is 4.79 Å². The Morgan fingerprint density at radius 2 is 1.33 bits per heavy atom. The van der Waals surface area contributed by atoms with E-state index in [1.165, 1.54) is 11.1 Å². The van der Waals surface area contributed by atoms with Crippen molar-refractivity contribution in [1.82, 2.24) is 0 Å². The molecule has 1 N–H and O–H groups in total. The highest BCUT2D eigenvalue weighted by molar-refractivity contribution is 6.27. The van der Waals surface area contributed by atoms with E-state index in [0.29, 0.717) is 11.3 Å². The lowest BCUT2D eigenvalue weighted by Gasteiger charge is -2.19. The fourth-order valence-electron chi connectivity index (χ4n) is 3.07. The molecule has 1 aliphatic carbocycles. The topological polar surface area (TPSA) is 41.5 Å². The van der Waals surface area contributed by atoms with Gasteiger partial charge in [-0.05, 0) is 44.2 Å². The molecular weight excluding hydrogens is 332 g/mol. The van der Waals surface area contributed by atoms with Crippen molar-refractivity contribution in [3.8, 4) is 0 Å². The van der Waals surface area contributed by atoms with Gasteiger partial charge in [0.25, 0.3) is 0 Å². The first-order valence-corrected chi connectivity index (χ1v) is 8.95. The second-order valence-electron chi connectivity index (χ2n) is 6.76. The fourth-order valence-corrected chi connectivity index (χ4v) is 3.07. The van der Waals surface area contributed by atoms with E-state index in [1.54, 1.807) is 0 Å². The van der Waals surface area contributed by atoms with Crippen LogP contribution in [0.5, 0.6) is 0 Å². The Kier molecular flexibility index (Phi) is 4.43. The van der Waals surface area contributed by atoms with E-state index in [9.17, 15) is 4.79 Å². The maximum atomic E-state index is 12.9. The van der Waals surface area contributed by atoms with Crippen molar-refractivity contribution in [2.45, 2.75) is 13.8 Å². The summed E-state index contributed by atoms with van der Waals surface area (Å²) in [6.07, 6.45) is 1.84. The number of aryl methyl sites for hydroxylation is 2. The van der Waals surface area contributed by atoms with Gasteiger partial charge in [-0.15, -0.1) is 0 Å². The molecular formula is C24H20N2O. The van der Waals surface area contributed by atoms with Gasteiger partial charge in [0, 0.05) is 16.8 Å². The van der Waals surface area contributed by atoms with Crippen LogP contribution in [0.4, 0.5) is 11.4 Å². The lowest BCUT2D eigenvalue weighted by molar-refractivity contribution is 0.103. The smallest absolute Gasteiger partial charge is 0.209 e. The van der Waals surface area contributed by atoms with Crippen LogP contribution in [0.25, 0.3) is 0 Å². The van der Waals surface area contributed by atoms with E-state index in [2.05, 4.69) is 12.2 Å². The summed E-state index contributed by atoms with van der Waals surface area (Å²) in [5.74, 6) is -0.0194. The Morgan fingerprint density at radius 3 is 2.00 bits per heavy atom. The molecule has 0 saturated carbocycles. The van der Waals surface area contributed by atoms with Crippen molar-refractivity contribution in [2.24, 2.45) is 4.99 Å². The first kappa shape index (κ1) is 17.0. The molecule has 3 nitrogen and oxygen atoms in total. The van der Waals surface area contributed by atoms with Gasteiger partial charge < -0.3 is 5.32 Å². The molecule has 3 aromatic carbocycles. The van der Waals surface area contributed by atoms with E-state index in [4.69, 9.17) is 4.99 Å². The molecule has 0 aromatic heterocycles. The van der Waals surface area contributed by atoms with Gasteiger partial charge in [0.1, 0.15) is 0 Å². The van der Waals surface area contributed by atoms with Crippen molar-refractivity contribution < 1.29 is 4.79 Å². The first-order valence-electron chi connectivity index (χ1n) is 8.95. The minimum absolute atomic E-state index is 0.0194. The second-order valence-corrected chi connectivity index (χ2v) is 6.76. The Hall–Kier alpha value is -3.46. The summed E-state index contributed by atoms with van der Waals surface area (Å²) in [7, 11) is 0. The number of aliphatic imine (C=N–C) groups is 1. The number of fused-ring (bicyclic) bond motifs is 1. The summed E-state index contributed by atoms with van der Waals surface area (Å²) in [5.41, 5.74) is 6.96. The minimum atomic E-state index is -0.0194. The number of benzene rings is 3. The quantitative estimate of drug-likeness (QED) is 0.665. The lowest BCUT2D eigenvalue weighted by Crippen LogP contribution is -2.21. The number of nitrogens with one attached hydrogen (secondary N) is 1. The van der Waals surface area contributed by atoms with Gasteiger partial charge in [0.15, 0.2) is 0 Å². The van der Waals surface area contributed by atoms with Crippen molar-refractivity contribution in [3.63, 3.8) is 0 Å². The van der Waals surface area contributed by atoms with E-state index in [-0.39, 0.29) is 5.78 Å². The number of allylic oxidation sites excluding steroid dienone is 2. The van der Waals surface area contributed by atoms with Crippen LogP contribution >= 0.6 is 0 Å². The van der Waals surface area contributed by atoms with Crippen LogP contribution in [-0.2, 0) is 0 Å². The highest BCUT2D eigenvalue weighted by Crippen LogP contribution is 2.25. The predicted molar refractivity (Wildman–Crippen MR) is 111 cm³/mol. The molecule has 3 heteroatoms. The average Bonchev–Trinajstić information content (AvgIpc) is 2.69. The largest absolute Gasteiger partial charge is 0.352 e. The Morgan fingerprint density at radius 1 is 0.741 bits per heavy atom. The van der Waals surface area contributed by atoms with Crippen LogP contribution < -0.4 is 5.32 Å². The molecule has 0 unspecified atom stereocenters. The van der Waals surface area contributed by atoms with Gasteiger partial charge in [-0.1, -0.05) is 59.7 Å². The van der Waals surface area contributed by atoms with Crippen molar-refractivity contribution in [2.75, 3.05) is 5.32 Å². The molecule has 4 rings (SSSR count). The number of hydrogen-bond donors (Lipinski definition) is 1. The van der Waals surface area contributed by atoms with Crippen LogP contribution in [0.2, 0.25) is 0 Å². The summed E-state index contributed by atoms with van der Waals surface area (Å²) in [6.45, 7) is 4.09. The van der Waals surface area contributed by atoms with E-state index in [1.807, 2.05) is 85.8 Å². The molecule has 0 saturated heterocycles. The standard InChI is InChI=1S/C24H20N2O/c1-16-7-11-18(12-8-16)25-22-15-23(26-19-13-9-17(2)10-14-19)24(27)21-6-4-3-5-20(21)22/h3-15,26H,1-2H3. The Balaban J connectivity index is 1.77. The maximum absolute atomic E-state index is 12.9. The van der Waals surface area contributed by atoms with Crippen molar-refractivity contribution >= 4 is 22.9 Å². The molecule has 0 amide bonds. The number of rotatable bonds is 3. The number of hydrogen-bond acceptors (Lipinski definition) is 3. The third kappa shape index (κ3) is 3.58. The summed E-state index contributed by atoms with van der Waals surface area (Å²) < 4.78 is 0. The molecule has 0 heterocycles. The molecule has 3 aromatic rings. The zero-order valence-electron chi connectivity index (χ0n) is 15.4. The third-order valence-electron chi connectivity index (χ3n) is 4.59. The average molecular weight is 352 g/mol. The number of Topliss-reactive ketones (excluding diaryl/α,β-unsaturated/α-hetero) is 1. The lowest BCUT2D eigenvalue weighted by atomic mass is 9.92. The number of ketones is 1. The van der Waals surface area contributed by atoms with E-state index >= 15 is 0 Å². The highest BCUT2D eigenvalue weighted by Gasteiger charge is 2.24. The zero-order valence-corrected chi connectivity index (χ0v) is 15.4. The summed E-state index contributed by atoms with van der Waals surface area (Å²) in [6, 6.07) is 23.6. The van der Waals surface area contributed by atoms with E-state index < -0.39 is 0 Å². The van der Waals surface area contributed by atoms with Gasteiger partial charge in [0.2, 0.25) is 5.78 Å². The highest BCUT2D eigenvalue weighted by atomic mass is 16.1. The molecule has 27 heavy (non-hydrogen) atoms. The van der Waals surface area contributed by atoms with Crippen molar-refractivity contribution in [3.05, 3.63) is 107 Å². The molecule has 1 aliphatic rings. The maximum Gasteiger partial charge on any atom is 0.209 e. The van der Waals surface area contributed by atoms with Gasteiger partial charge in [0.05, 0.1) is 17.1 Å². The van der Waals surface area contributed by atoms with E-state index in [0.717, 1.165) is 22.6 Å². The molecule has 0 fully saturated rings. The first-order chi connectivity index (χ1) is 13.1. The molecule has 0 radical (unpaired) electrons. The Labute approximate surface area is 159 Å². The number of carbonyl (C=O) groups excluding carboxylic acids is 1. The molecule has 0 spiro atoms. The predicted octanol–water partition coefficient (Wildman–Crippen LogP) is 5.62. The summed E-state index contributed by atoms with van der Waals surface area (Å²) >= 11 is 0. The SMILES string of the molecule is Cc1ccc(N=C2C=C(Nc3ccc(C)cc3)C(=O)c3ccccc32)cc1. The molecule has 0 aliphatic heterocycles. The third-order valence-corrected chi connectivity index (χ3v) is 4.59. The van der Waals surface area contributed by atoms with Crippen LogP contribution in [0, 0.1) is 13.8 Å². The zero-order chi connectivity index (χ0) is 18.8. The van der Waals surface area contributed by atoms with Crippen LogP contribution in [0.15, 0.2) is 89.6 Å². The van der Waals surface area contributed by atoms with Gasteiger partial charge >= 0.3 is 0 Å². The summed E-state index contributed by atoms with van der Waals surface area (Å²) in [4.78, 5) is 17.7. The van der Waals surface area contributed by atoms with Crippen LogP contribution in [-0.4, -0.2) is 11.5 Å². The van der Waals surface area contributed by atoms with Crippen LogP contribution in [0.1, 0.15) is 27.0 Å². The van der Waals surface area contributed by atoms with Gasteiger partial charge in [-0.2, -0.15) is 0 Å². The number of carbonyl (C=O) groups is 1. The van der Waals surface area contributed by atoms with Crippen molar-refractivity contribution in [1.29, 1.82) is 0 Å². The number of nitrogens with zero attached hydrogens (tertiary/aromatic N) is 1. The second kappa shape index (κ2) is 7.04. The van der Waals surface area contributed by atoms with Crippen LogP contribution in [0.3, 0.4) is 0 Å². The van der Waals surface area contributed by atoms with Gasteiger partial charge in [-0.25, -0.2) is 4.99 Å². The summed E-state index contributed by atoms with van der Waals surface area (Å²) in [5, 5.41) is 3.25. The normalized spacial score (nSPS) is 14.7. The Bertz CT molecular complexity index is 1060. The monoisotopic (exact) mass is 352 g/mol. The minimum Gasteiger partial charge on any atom is -0.352 e. The molecule has 0 bridgehead atoms.